The molecule has 0 bridgehead atoms. The summed E-state index contributed by atoms with van der Waals surface area (Å²) in [4.78, 5) is 38.7. The maximum Gasteiger partial charge on any atom is 0.311 e. The van der Waals surface area contributed by atoms with Crippen LogP contribution in [0.25, 0.3) is 0 Å². The minimum Gasteiger partial charge on any atom is -0.455 e. The third-order valence-electron chi connectivity index (χ3n) is 5.42. The molecule has 2 amide bonds. The van der Waals surface area contributed by atoms with Gasteiger partial charge in [-0.05, 0) is 56.0 Å². The minimum atomic E-state index is -0.574. The van der Waals surface area contributed by atoms with E-state index in [-0.39, 0.29) is 25.5 Å². The van der Waals surface area contributed by atoms with Crippen molar-refractivity contribution in [2.75, 3.05) is 23.4 Å². The summed E-state index contributed by atoms with van der Waals surface area (Å²) in [5.74, 6) is -1.61. The molecule has 29 heavy (non-hydrogen) atoms. The fourth-order valence-electron chi connectivity index (χ4n) is 3.57. The van der Waals surface area contributed by atoms with Gasteiger partial charge >= 0.3 is 5.97 Å². The summed E-state index contributed by atoms with van der Waals surface area (Å²) in [7, 11) is 0. The fourth-order valence-corrected chi connectivity index (χ4v) is 3.57. The Labute approximate surface area is 170 Å². The molecule has 3 rings (SSSR count). The van der Waals surface area contributed by atoms with E-state index in [0.29, 0.717) is 0 Å². The van der Waals surface area contributed by atoms with Crippen molar-refractivity contribution >= 4 is 29.2 Å². The van der Waals surface area contributed by atoms with E-state index in [4.69, 9.17) is 4.74 Å². The molecule has 1 N–H and O–H groups in total. The van der Waals surface area contributed by atoms with Crippen molar-refractivity contribution in [3.05, 3.63) is 58.7 Å². The molecule has 1 fully saturated rings. The topological polar surface area (TPSA) is 75.7 Å². The number of amides is 2. The van der Waals surface area contributed by atoms with Crippen LogP contribution in [-0.2, 0) is 19.1 Å². The highest BCUT2D eigenvalue weighted by atomic mass is 16.5. The predicted molar refractivity (Wildman–Crippen MR) is 112 cm³/mol. The molecular formula is C23H26N2O4. The van der Waals surface area contributed by atoms with Gasteiger partial charge in [0.15, 0.2) is 6.61 Å². The van der Waals surface area contributed by atoms with E-state index in [9.17, 15) is 14.4 Å². The van der Waals surface area contributed by atoms with Crippen molar-refractivity contribution in [3.63, 3.8) is 0 Å². The highest BCUT2D eigenvalue weighted by Crippen LogP contribution is 2.30. The lowest BCUT2D eigenvalue weighted by Crippen LogP contribution is -2.28. The number of benzene rings is 2. The van der Waals surface area contributed by atoms with E-state index in [0.717, 1.165) is 33.6 Å². The van der Waals surface area contributed by atoms with Crippen molar-refractivity contribution in [2.45, 2.75) is 34.1 Å². The SMILES string of the molecule is Cc1cccc(N2C[C@@H](C(=O)OCC(=O)Nc3c(C)cccc3C)CC2=O)c1C. The molecule has 6 nitrogen and oxygen atoms in total. The number of para-hydroxylation sites is 1. The first-order chi connectivity index (χ1) is 13.8. The molecule has 1 atom stereocenters. The quantitative estimate of drug-likeness (QED) is 0.788. The zero-order valence-corrected chi connectivity index (χ0v) is 17.2. The molecule has 6 heteroatoms. The lowest BCUT2D eigenvalue weighted by atomic mass is 10.1. The Morgan fingerprint density at radius 1 is 1.03 bits per heavy atom. The summed E-state index contributed by atoms with van der Waals surface area (Å²) in [5, 5.41) is 2.79. The van der Waals surface area contributed by atoms with Gasteiger partial charge in [0, 0.05) is 24.3 Å². The lowest BCUT2D eigenvalue weighted by molar-refractivity contribution is -0.151. The number of nitrogens with one attached hydrogen (secondary N) is 1. The zero-order valence-electron chi connectivity index (χ0n) is 17.2. The van der Waals surface area contributed by atoms with Gasteiger partial charge in [-0.1, -0.05) is 30.3 Å². The minimum absolute atomic E-state index is 0.0880. The van der Waals surface area contributed by atoms with Crippen LogP contribution >= 0.6 is 0 Å². The van der Waals surface area contributed by atoms with Gasteiger partial charge in [-0.15, -0.1) is 0 Å². The summed E-state index contributed by atoms with van der Waals surface area (Å²) in [6.45, 7) is 7.64. The van der Waals surface area contributed by atoms with Crippen LogP contribution in [0.15, 0.2) is 36.4 Å². The number of aryl methyl sites for hydroxylation is 3. The Bertz CT molecular complexity index is 947. The van der Waals surface area contributed by atoms with E-state index < -0.39 is 17.8 Å². The Hall–Kier alpha value is -3.15. The molecule has 0 saturated carbocycles. The standard InChI is InChI=1S/C23H26N2O4/c1-14-7-6-10-19(17(14)4)25-12-18(11-21(25)27)23(28)29-13-20(26)24-22-15(2)8-5-9-16(22)3/h5-10,18H,11-13H2,1-4H3,(H,24,26)/t18-/m0/s1. The van der Waals surface area contributed by atoms with Crippen molar-refractivity contribution < 1.29 is 19.1 Å². The second-order valence-corrected chi connectivity index (χ2v) is 7.55. The van der Waals surface area contributed by atoms with Gasteiger partial charge in [-0.2, -0.15) is 0 Å². The first-order valence-corrected chi connectivity index (χ1v) is 9.67. The second kappa shape index (κ2) is 8.47. The summed E-state index contributed by atoms with van der Waals surface area (Å²) in [6.07, 6.45) is 0.0880. The molecule has 0 unspecified atom stereocenters. The molecule has 1 aliphatic rings. The average Bonchev–Trinajstić information content (AvgIpc) is 3.06. The van der Waals surface area contributed by atoms with Gasteiger partial charge in [0.25, 0.3) is 5.91 Å². The number of nitrogens with zero attached hydrogens (tertiary/aromatic N) is 1. The van der Waals surface area contributed by atoms with E-state index in [1.54, 1.807) is 4.90 Å². The second-order valence-electron chi connectivity index (χ2n) is 7.55. The number of anilines is 2. The zero-order chi connectivity index (χ0) is 21.1. The van der Waals surface area contributed by atoms with E-state index in [2.05, 4.69) is 5.32 Å². The van der Waals surface area contributed by atoms with Crippen molar-refractivity contribution in [2.24, 2.45) is 5.92 Å². The number of rotatable bonds is 5. The molecular weight excluding hydrogens is 368 g/mol. The van der Waals surface area contributed by atoms with Crippen LogP contribution in [0.2, 0.25) is 0 Å². The van der Waals surface area contributed by atoms with Gasteiger partial charge in [0.2, 0.25) is 5.91 Å². The maximum absolute atomic E-state index is 12.4. The van der Waals surface area contributed by atoms with Crippen LogP contribution in [0.1, 0.15) is 28.7 Å². The van der Waals surface area contributed by atoms with Crippen LogP contribution in [-0.4, -0.2) is 30.9 Å². The molecule has 1 heterocycles. The summed E-state index contributed by atoms with van der Waals surface area (Å²) < 4.78 is 5.20. The first-order valence-electron chi connectivity index (χ1n) is 9.67. The summed E-state index contributed by atoms with van der Waals surface area (Å²) in [5.41, 5.74) is 5.53. The Kier molecular flexibility index (Phi) is 6.01. The highest BCUT2D eigenvalue weighted by Gasteiger charge is 2.37. The first kappa shape index (κ1) is 20.6. The van der Waals surface area contributed by atoms with Crippen LogP contribution < -0.4 is 10.2 Å². The Morgan fingerprint density at radius 2 is 1.66 bits per heavy atom. The van der Waals surface area contributed by atoms with Gasteiger partial charge < -0.3 is 15.0 Å². The van der Waals surface area contributed by atoms with Crippen molar-refractivity contribution in [1.82, 2.24) is 0 Å². The molecule has 2 aromatic carbocycles. The number of esters is 1. The molecule has 0 spiro atoms. The number of ether oxygens (including phenoxy) is 1. The van der Waals surface area contributed by atoms with Gasteiger partial charge in [0.1, 0.15) is 0 Å². The van der Waals surface area contributed by atoms with Crippen LogP contribution in [0.5, 0.6) is 0 Å². The molecule has 1 aliphatic heterocycles. The largest absolute Gasteiger partial charge is 0.455 e. The number of carbonyl (C=O) groups excluding carboxylic acids is 3. The van der Waals surface area contributed by atoms with Crippen molar-refractivity contribution in [3.8, 4) is 0 Å². The van der Waals surface area contributed by atoms with Gasteiger partial charge in [-0.3, -0.25) is 14.4 Å². The van der Waals surface area contributed by atoms with E-state index in [1.807, 2.05) is 64.1 Å². The lowest BCUT2D eigenvalue weighted by Gasteiger charge is -2.20. The third-order valence-corrected chi connectivity index (χ3v) is 5.42. The highest BCUT2D eigenvalue weighted by molar-refractivity contribution is 6.00. The van der Waals surface area contributed by atoms with Crippen molar-refractivity contribution in [1.29, 1.82) is 0 Å². The molecule has 0 aliphatic carbocycles. The number of hydrogen-bond acceptors (Lipinski definition) is 4. The Balaban J connectivity index is 1.58. The molecule has 0 aromatic heterocycles. The fraction of sp³-hybridized carbons (Fsp3) is 0.348. The van der Waals surface area contributed by atoms with Crippen LogP contribution in [0.3, 0.4) is 0 Å². The molecule has 2 aromatic rings. The third kappa shape index (κ3) is 4.47. The molecule has 152 valence electrons. The van der Waals surface area contributed by atoms with Crippen LogP contribution in [0, 0.1) is 33.6 Å². The summed E-state index contributed by atoms with van der Waals surface area (Å²) in [6, 6.07) is 11.5. The van der Waals surface area contributed by atoms with E-state index in [1.165, 1.54) is 0 Å². The maximum atomic E-state index is 12.4. The van der Waals surface area contributed by atoms with Gasteiger partial charge in [0.05, 0.1) is 5.92 Å². The predicted octanol–water partition coefficient (Wildman–Crippen LogP) is 3.46. The average molecular weight is 394 g/mol. The Morgan fingerprint density at radius 3 is 2.34 bits per heavy atom. The number of hydrogen-bond donors (Lipinski definition) is 1. The molecule has 0 radical (unpaired) electrons. The summed E-state index contributed by atoms with van der Waals surface area (Å²) >= 11 is 0. The monoisotopic (exact) mass is 394 g/mol. The van der Waals surface area contributed by atoms with Gasteiger partial charge in [-0.25, -0.2) is 0 Å². The normalized spacial score (nSPS) is 16.1. The smallest absolute Gasteiger partial charge is 0.311 e. The van der Waals surface area contributed by atoms with Crippen LogP contribution in [0.4, 0.5) is 11.4 Å². The number of carbonyl (C=O) groups is 3. The molecule has 1 saturated heterocycles. The van der Waals surface area contributed by atoms with E-state index >= 15 is 0 Å².